The van der Waals surface area contributed by atoms with Gasteiger partial charge in [-0.25, -0.2) is 14.3 Å². The molecule has 8 heteroatoms. The number of halogens is 1. The van der Waals surface area contributed by atoms with E-state index in [1.807, 2.05) is 36.4 Å². The second-order valence-corrected chi connectivity index (χ2v) is 8.82. The van der Waals surface area contributed by atoms with Crippen LogP contribution >= 0.6 is 11.6 Å². The molecule has 6 aromatic rings. The first-order chi connectivity index (χ1) is 18.0. The third-order valence-electron chi connectivity index (χ3n) is 6.27. The molecule has 0 atom stereocenters. The fraction of sp³-hybridized carbons (Fsp3) is 0. The number of pyridine rings is 2. The van der Waals surface area contributed by atoms with Crippen molar-refractivity contribution in [2.45, 2.75) is 0 Å². The maximum absolute atomic E-state index is 13.5. The van der Waals surface area contributed by atoms with Crippen LogP contribution in [0.5, 0.6) is 0 Å². The standard InChI is InChI=1S/C29H16ClN5O2/c30-24-7-3-6-22(17-10-11-33-20(12-17)14-31)27(24)18-8-9-23-25(13-18)34-29(37)35(28(23)36)26-16-32-15-19-4-1-2-5-21(19)26/h1-13,15-16H,(H,34,37). The molecule has 0 radical (unpaired) electrons. The topological polar surface area (TPSA) is 104 Å². The van der Waals surface area contributed by atoms with Crippen molar-refractivity contribution < 1.29 is 0 Å². The molecule has 0 aliphatic heterocycles. The largest absolute Gasteiger partial charge is 0.333 e. The number of hydrogen-bond donors (Lipinski definition) is 1. The Bertz CT molecular complexity index is 2020. The molecule has 3 aromatic heterocycles. The van der Waals surface area contributed by atoms with Gasteiger partial charge < -0.3 is 4.98 Å². The van der Waals surface area contributed by atoms with E-state index in [0.717, 1.165) is 26.5 Å². The number of aromatic nitrogens is 4. The quantitative estimate of drug-likeness (QED) is 0.345. The van der Waals surface area contributed by atoms with Crippen molar-refractivity contribution in [3.05, 3.63) is 123 Å². The zero-order valence-corrected chi connectivity index (χ0v) is 19.9. The Morgan fingerprint density at radius 2 is 1.76 bits per heavy atom. The van der Waals surface area contributed by atoms with Crippen LogP contribution in [0.1, 0.15) is 5.69 Å². The Morgan fingerprint density at radius 3 is 2.62 bits per heavy atom. The number of H-pyrrole nitrogens is 1. The highest BCUT2D eigenvalue weighted by Crippen LogP contribution is 2.38. The van der Waals surface area contributed by atoms with E-state index in [1.165, 1.54) is 6.20 Å². The zero-order chi connectivity index (χ0) is 25.5. The van der Waals surface area contributed by atoms with E-state index >= 15 is 0 Å². The van der Waals surface area contributed by atoms with Gasteiger partial charge in [0.05, 0.1) is 22.8 Å². The van der Waals surface area contributed by atoms with Gasteiger partial charge >= 0.3 is 5.69 Å². The van der Waals surface area contributed by atoms with Gasteiger partial charge in [0.1, 0.15) is 11.8 Å². The summed E-state index contributed by atoms with van der Waals surface area (Å²) in [7, 11) is 0. The lowest BCUT2D eigenvalue weighted by atomic mass is 9.94. The monoisotopic (exact) mass is 501 g/mol. The minimum absolute atomic E-state index is 0.287. The van der Waals surface area contributed by atoms with Crippen LogP contribution in [-0.2, 0) is 0 Å². The first kappa shape index (κ1) is 22.4. The normalized spacial score (nSPS) is 11.0. The molecule has 0 bridgehead atoms. The fourth-order valence-electron chi connectivity index (χ4n) is 4.59. The second-order valence-electron chi connectivity index (χ2n) is 8.41. The van der Waals surface area contributed by atoms with Gasteiger partial charge in [0.2, 0.25) is 0 Å². The van der Waals surface area contributed by atoms with Crippen LogP contribution in [0.4, 0.5) is 0 Å². The Hall–Kier alpha value is -5.06. The first-order valence-corrected chi connectivity index (χ1v) is 11.7. The summed E-state index contributed by atoms with van der Waals surface area (Å²) in [6.07, 6.45) is 4.77. The lowest BCUT2D eigenvalue weighted by molar-refractivity contribution is 0.902. The summed E-state index contributed by atoms with van der Waals surface area (Å²) in [4.78, 5) is 37.8. The predicted molar refractivity (Wildman–Crippen MR) is 144 cm³/mol. The lowest BCUT2D eigenvalue weighted by Gasteiger charge is -2.14. The van der Waals surface area contributed by atoms with Crippen LogP contribution in [0, 0.1) is 11.3 Å². The Morgan fingerprint density at radius 1 is 0.892 bits per heavy atom. The van der Waals surface area contributed by atoms with E-state index in [0.29, 0.717) is 32.7 Å². The molecule has 0 aliphatic carbocycles. The van der Waals surface area contributed by atoms with Crippen molar-refractivity contribution in [2.24, 2.45) is 0 Å². The van der Waals surface area contributed by atoms with Gasteiger partial charge in [-0.05, 0) is 47.0 Å². The van der Waals surface area contributed by atoms with Crippen LogP contribution in [0.3, 0.4) is 0 Å². The minimum atomic E-state index is -0.569. The third-order valence-corrected chi connectivity index (χ3v) is 6.59. The molecule has 3 heterocycles. The Kier molecular flexibility index (Phi) is 5.37. The molecule has 0 spiro atoms. The number of nitrogens with one attached hydrogen (secondary N) is 1. The van der Waals surface area contributed by atoms with Gasteiger partial charge in [-0.3, -0.25) is 9.78 Å². The van der Waals surface area contributed by atoms with E-state index in [1.54, 1.807) is 48.8 Å². The number of nitrogens with zero attached hydrogens (tertiary/aromatic N) is 4. The summed E-state index contributed by atoms with van der Waals surface area (Å²) >= 11 is 6.64. The highest BCUT2D eigenvalue weighted by molar-refractivity contribution is 6.34. The van der Waals surface area contributed by atoms with Gasteiger partial charge in [0, 0.05) is 33.8 Å². The third kappa shape index (κ3) is 3.77. The minimum Gasteiger partial charge on any atom is -0.306 e. The van der Waals surface area contributed by atoms with Gasteiger partial charge in [0.15, 0.2) is 0 Å². The maximum Gasteiger partial charge on any atom is 0.333 e. The molecule has 1 N–H and O–H groups in total. The average molecular weight is 502 g/mol. The molecule has 3 aromatic carbocycles. The summed E-state index contributed by atoms with van der Waals surface area (Å²) in [6.45, 7) is 0. The van der Waals surface area contributed by atoms with Crippen LogP contribution < -0.4 is 11.2 Å². The molecule has 0 saturated heterocycles. The zero-order valence-electron chi connectivity index (χ0n) is 19.1. The number of nitriles is 1. The maximum atomic E-state index is 13.5. The summed E-state index contributed by atoms with van der Waals surface area (Å²) in [5.41, 5.74) is 3.06. The van der Waals surface area contributed by atoms with Crippen LogP contribution in [-0.4, -0.2) is 19.5 Å². The van der Waals surface area contributed by atoms with E-state index in [4.69, 9.17) is 11.6 Å². The summed E-state index contributed by atoms with van der Waals surface area (Å²) in [6, 6.07) is 23.7. The molecular formula is C29H16ClN5O2. The van der Waals surface area contributed by atoms with E-state index in [2.05, 4.69) is 21.0 Å². The Labute approximate surface area is 214 Å². The van der Waals surface area contributed by atoms with E-state index in [-0.39, 0.29) is 5.69 Å². The second kappa shape index (κ2) is 8.86. The van der Waals surface area contributed by atoms with Gasteiger partial charge in [0.25, 0.3) is 5.56 Å². The summed E-state index contributed by atoms with van der Waals surface area (Å²) in [5.74, 6) is 0. The van der Waals surface area contributed by atoms with Crippen molar-refractivity contribution in [1.82, 2.24) is 19.5 Å². The Balaban J connectivity index is 1.56. The number of aromatic amines is 1. The van der Waals surface area contributed by atoms with Crippen molar-refractivity contribution in [1.29, 1.82) is 5.26 Å². The molecule has 0 amide bonds. The fourth-order valence-corrected chi connectivity index (χ4v) is 4.87. The summed E-state index contributed by atoms with van der Waals surface area (Å²) in [5, 5.41) is 11.7. The molecule has 176 valence electrons. The number of rotatable bonds is 3. The predicted octanol–water partition coefficient (Wildman–Crippen LogP) is 5.48. The first-order valence-electron chi connectivity index (χ1n) is 11.3. The summed E-state index contributed by atoms with van der Waals surface area (Å²) < 4.78 is 1.11. The molecule has 0 unspecified atom stereocenters. The van der Waals surface area contributed by atoms with Crippen molar-refractivity contribution >= 4 is 33.3 Å². The van der Waals surface area contributed by atoms with Gasteiger partial charge in [-0.1, -0.05) is 54.1 Å². The molecule has 0 aliphatic rings. The highest BCUT2D eigenvalue weighted by atomic mass is 35.5. The average Bonchev–Trinajstić information content (AvgIpc) is 2.93. The number of fused-ring (bicyclic) bond motifs is 2. The highest BCUT2D eigenvalue weighted by Gasteiger charge is 2.16. The smallest absolute Gasteiger partial charge is 0.306 e. The molecule has 37 heavy (non-hydrogen) atoms. The van der Waals surface area contributed by atoms with Crippen molar-refractivity contribution in [3.63, 3.8) is 0 Å². The van der Waals surface area contributed by atoms with Crippen LogP contribution in [0.2, 0.25) is 5.02 Å². The van der Waals surface area contributed by atoms with E-state index < -0.39 is 11.2 Å². The van der Waals surface area contributed by atoms with Crippen LogP contribution in [0.15, 0.2) is 101 Å². The van der Waals surface area contributed by atoms with Gasteiger partial charge in [-0.15, -0.1) is 0 Å². The van der Waals surface area contributed by atoms with E-state index in [9.17, 15) is 14.9 Å². The van der Waals surface area contributed by atoms with Crippen molar-refractivity contribution in [2.75, 3.05) is 0 Å². The molecule has 6 rings (SSSR count). The lowest BCUT2D eigenvalue weighted by Crippen LogP contribution is -2.33. The number of benzene rings is 3. The SMILES string of the molecule is N#Cc1cc(-c2cccc(Cl)c2-c2ccc3c(=O)n(-c4cncc5ccccc45)c(=O)[nH]c3c2)ccn1. The number of hydrogen-bond acceptors (Lipinski definition) is 5. The molecule has 0 fully saturated rings. The molecule has 0 saturated carbocycles. The molecule has 7 nitrogen and oxygen atoms in total. The van der Waals surface area contributed by atoms with Crippen molar-refractivity contribution in [3.8, 4) is 34.0 Å². The van der Waals surface area contributed by atoms with Crippen LogP contribution in [0.25, 0.3) is 49.6 Å². The van der Waals surface area contributed by atoms with Gasteiger partial charge in [-0.2, -0.15) is 5.26 Å². The molecular weight excluding hydrogens is 486 g/mol.